The Morgan fingerprint density at radius 1 is 1.18 bits per heavy atom. The van der Waals surface area contributed by atoms with Crippen molar-refractivity contribution in [3.05, 3.63) is 59.9 Å². The van der Waals surface area contributed by atoms with Gasteiger partial charge in [0.2, 0.25) is 0 Å². The molecule has 0 aromatic heterocycles. The number of amides is 1. The number of rotatable bonds is 3. The molecule has 7 heteroatoms. The van der Waals surface area contributed by atoms with Crippen LogP contribution in [0, 0.1) is 5.82 Å². The molecular weight excluding hydrogens is 305 g/mol. The molecule has 0 aliphatic rings. The Hall–Kier alpha value is -2.67. The first-order valence-electron chi connectivity index (χ1n) is 6.31. The van der Waals surface area contributed by atoms with Gasteiger partial charge in [-0.1, -0.05) is 0 Å². The van der Waals surface area contributed by atoms with Crippen molar-refractivity contribution in [2.45, 2.75) is 0 Å². The highest BCUT2D eigenvalue weighted by Crippen LogP contribution is 2.15. The van der Waals surface area contributed by atoms with Crippen molar-refractivity contribution in [2.24, 2.45) is 5.73 Å². The van der Waals surface area contributed by atoms with Crippen LogP contribution in [0.15, 0.2) is 48.5 Å². The number of ether oxygens (including phenoxy) is 1. The summed E-state index contributed by atoms with van der Waals surface area (Å²) in [5, 5.41) is 1.15. The van der Waals surface area contributed by atoms with E-state index < -0.39 is 11.7 Å². The smallest absolute Gasteiger partial charge is 0.270 e. The number of benzene rings is 2. The van der Waals surface area contributed by atoms with Crippen LogP contribution in [0.4, 0.5) is 10.1 Å². The van der Waals surface area contributed by atoms with Crippen molar-refractivity contribution in [1.29, 1.82) is 0 Å². The Labute approximate surface area is 132 Å². The quantitative estimate of drug-likeness (QED) is 0.671. The SMILES string of the molecule is COc1ccc(C(=O)NN(C(N)=S)c2ccc(F)cc2)cc1. The fraction of sp³-hybridized carbons (Fsp3) is 0.0667. The molecule has 0 saturated heterocycles. The summed E-state index contributed by atoms with van der Waals surface area (Å²) in [5.74, 6) is -0.158. The van der Waals surface area contributed by atoms with Crippen molar-refractivity contribution in [2.75, 3.05) is 12.1 Å². The first-order valence-corrected chi connectivity index (χ1v) is 6.72. The van der Waals surface area contributed by atoms with E-state index in [2.05, 4.69) is 5.43 Å². The van der Waals surface area contributed by atoms with Crippen LogP contribution < -0.4 is 20.9 Å². The fourth-order valence-electron chi connectivity index (χ4n) is 1.75. The number of anilines is 1. The maximum Gasteiger partial charge on any atom is 0.270 e. The molecule has 0 fully saturated rings. The van der Waals surface area contributed by atoms with Gasteiger partial charge < -0.3 is 10.5 Å². The van der Waals surface area contributed by atoms with Gasteiger partial charge in [-0.3, -0.25) is 10.2 Å². The first kappa shape index (κ1) is 15.7. The van der Waals surface area contributed by atoms with Crippen LogP contribution in [0.1, 0.15) is 10.4 Å². The molecule has 0 heterocycles. The van der Waals surface area contributed by atoms with Crippen LogP contribution in [0.5, 0.6) is 5.75 Å². The monoisotopic (exact) mass is 319 g/mol. The zero-order valence-corrected chi connectivity index (χ0v) is 12.6. The van der Waals surface area contributed by atoms with Gasteiger partial charge in [-0.05, 0) is 60.7 Å². The minimum atomic E-state index is -0.403. The lowest BCUT2D eigenvalue weighted by Crippen LogP contribution is -2.49. The highest BCUT2D eigenvalue weighted by molar-refractivity contribution is 7.80. The Kier molecular flexibility index (Phi) is 4.90. The molecule has 22 heavy (non-hydrogen) atoms. The summed E-state index contributed by atoms with van der Waals surface area (Å²) in [5.41, 5.74) is 9.04. The predicted octanol–water partition coefficient (Wildman–Crippen LogP) is 2.23. The number of hydrazine groups is 1. The number of methoxy groups -OCH3 is 1. The summed E-state index contributed by atoms with van der Waals surface area (Å²) in [4.78, 5) is 12.2. The average Bonchev–Trinajstić information content (AvgIpc) is 2.53. The molecule has 2 rings (SSSR count). The fourth-order valence-corrected chi connectivity index (χ4v) is 1.90. The van der Waals surface area contributed by atoms with Crippen LogP contribution in [-0.4, -0.2) is 18.1 Å². The summed E-state index contributed by atoms with van der Waals surface area (Å²) in [6.07, 6.45) is 0. The van der Waals surface area contributed by atoms with Crippen LogP contribution >= 0.6 is 12.2 Å². The van der Waals surface area contributed by atoms with E-state index in [0.29, 0.717) is 17.0 Å². The van der Waals surface area contributed by atoms with E-state index in [1.165, 1.54) is 36.4 Å². The number of carbonyl (C=O) groups is 1. The highest BCUT2D eigenvalue weighted by Gasteiger charge is 2.14. The van der Waals surface area contributed by atoms with Gasteiger partial charge in [0.25, 0.3) is 5.91 Å². The molecule has 2 aromatic carbocycles. The van der Waals surface area contributed by atoms with E-state index in [0.717, 1.165) is 0 Å². The van der Waals surface area contributed by atoms with E-state index in [1.54, 1.807) is 24.3 Å². The molecule has 1 amide bonds. The molecule has 0 aliphatic heterocycles. The maximum absolute atomic E-state index is 13.0. The number of nitrogens with zero attached hydrogens (tertiary/aromatic N) is 1. The van der Waals surface area contributed by atoms with Crippen molar-refractivity contribution in [3.8, 4) is 5.75 Å². The molecule has 0 aliphatic carbocycles. The predicted molar refractivity (Wildman–Crippen MR) is 86.1 cm³/mol. The second kappa shape index (κ2) is 6.86. The van der Waals surface area contributed by atoms with Gasteiger partial charge in [-0.15, -0.1) is 0 Å². The maximum atomic E-state index is 13.0. The lowest BCUT2D eigenvalue weighted by molar-refractivity contribution is 0.0955. The minimum absolute atomic E-state index is 0.0616. The number of thiocarbonyl (C=S) groups is 1. The van der Waals surface area contributed by atoms with Gasteiger partial charge in [0.05, 0.1) is 12.8 Å². The zero-order chi connectivity index (χ0) is 16.1. The van der Waals surface area contributed by atoms with Gasteiger partial charge in [0.1, 0.15) is 11.6 Å². The van der Waals surface area contributed by atoms with Gasteiger partial charge in [-0.25, -0.2) is 9.40 Å². The standard InChI is InChI=1S/C15H14FN3O2S/c1-21-13-8-2-10(3-9-13)14(20)18-19(15(17)22)12-6-4-11(16)5-7-12/h2-9H,1H3,(H2,17,22)(H,18,20). The van der Waals surface area contributed by atoms with Gasteiger partial charge in [0.15, 0.2) is 5.11 Å². The molecule has 2 aromatic rings. The second-order valence-corrected chi connectivity index (χ2v) is 4.74. The molecule has 3 N–H and O–H groups in total. The third-order valence-electron chi connectivity index (χ3n) is 2.87. The van der Waals surface area contributed by atoms with Crippen molar-refractivity contribution >= 4 is 28.9 Å². The van der Waals surface area contributed by atoms with E-state index in [9.17, 15) is 9.18 Å². The number of nitrogens with one attached hydrogen (secondary N) is 1. The highest BCUT2D eigenvalue weighted by atomic mass is 32.1. The largest absolute Gasteiger partial charge is 0.497 e. The molecule has 0 bridgehead atoms. The van der Waals surface area contributed by atoms with E-state index in [4.69, 9.17) is 22.7 Å². The van der Waals surface area contributed by atoms with E-state index in [1.807, 2.05) is 0 Å². The molecule has 0 atom stereocenters. The molecule has 0 unspecified atom stereocenters. The summed E-state index contributed by atoms with van der Waals surface area (Å²) in [6.45, 7) is 0. The van der Waals surface area contributed by atoms with Gasteiger partial charge in [0, 0.05) is 5.56 Å². The summed E-state index contributed by atoms with van der Waals surface area (Å²) >= 11 is 4.91. The lowest BCUT2D eigenvalue weighted by atomic mass is 10.2. The lowest BCUT2D eigenvalue weighted by Gasteiger charge is -2.23. The Morgan fingerprint density at radius 2 is 1.77 bits per heavy atom. The van der Waals surface area contributed by atoms with Crippen molar-refractivity contribution in [3.63, 3.8) is 0 Å². The number of hydrogen-bond donors (Lipinski definition) is 2. The van der Waals surface area contributed by atoms with Crippen LogP contribution in [0.3, 0.4) is 0 Å². The summed E-state index contributed by atoms with van der Waals surface area (Å²) < 4.78 is 18.0. The molecule has 0 spiro atoms. The van der Waals surface area contributed by atoms with E-state index >= 15 is 0 Å². The molecular formula is C15H14FN3O2S. The third-order valence-corrected chi connectivity index (χ3v) is 3.05. The molecule has 5 nitrogen and oxygen atoms in total. The average molecular weight is 319 g/mol. The number of carbonyl (C=O) groups excluding carboxylic acids is 1. The van der Waals surface area contributed by atoms with Crippen LogP contribution in [-0.2, 0) is 0 Å². The van der Waals surface area contributed by atoms with Crippen LogP contribution in [0.2, 0.25) is 0 Å². The van der Waals surface area contributed by atoms with Gasteiger partial charge in [-0.2, -0.15) is 0 Å². The van der Waals surface area contributed by atoms with Crippen molar-refractivity contribution in [1.82, 2.24) is 5.43 Å². The number of hydrogen-bond acceptors (Lipinski definition) is 3. The third kappa shape index (κ3) is 3.70. The topological polar surface area (TPSA) is 67.6 Å². The Morgan fingerprint density at radius 3 is 2.27 bits per heavy atom. The molecule has 0 radical (unpaired) electrons. The van der Waals surface area contributed by atoms with Crippen LogP contribution in [0.25, 0.3) is 0 Å². The summed E-state index contributed by atoms with van der Waals surface area (Å²) in [6, 6.07) is 12.0. The minimum Gasteiger partial charge on any atom is -0.497 e. The Balaban J connectivity index is 2.18. The summed E-state index contributed by atoms with van der Waals surface area (Å²) in [7, 11) is 1.54. The Bertz CT molecular complexity index is 674. The number of halogens is 1. The normalized spacial score (nSPS) is 9.91. The van der Waals surface area contributed by atoms with E-state index in [-0.39, 0.29) is 5.11 Å². The second-order valence-electron chi connectivity index (χ2n) is 4.32. The molecule has 0 saturated carbocycles. The van der Waals surface area contributed by atoms with Crippen molar-refractivity contribution < 1.29 is 13.9 Å². The van der Waals surface area contributed by atoms with Gasteiger partial charge >= 0.3 is 0 Å². The zero-order valence-electron chi connectivity index (χ0n) is 11.7. The molecule has 114 valence electrons. The number of nitrogens with two attached hydrogens (primary N) is 1. The first-order chi connectivity index (χ1) is 10.5.